The maximum Gasteiger partial charge on any atom is 0.0492 e. The van der Waals surface area contributed by atoms with E-state index in [0.29, 0.717) is 0 Å². The molecule has 0 atom stereocenters. The fraction of sp³-hybridized carbons (Fsp3) is 0.182. The molecule has 1 aromatic carbocycles. The highest BCUT2D eigenvalue weighted by atomic mass is 15.2. The molecule has 0 bridgehead atoms. The predicted molar refractivity (Wildman–Crippen MR) is 56.9 cm³/mol. The molecule has 0 aliphatic heterocycles. The van der Waals surface area contributed by atoms with Crippen LogP contribution in [-0.2, 0) is 13.5 Å². The third kappa shape index (κ3) is 1.62. The van der Waals surface area contributed by atoms with Crippen molar-refractivity contribution in [3.8, 4) is 0 Å². The Labute approximate surface area is 83.2 Å². The number of aryl methyl sites for hydroxylation is 1. The molecule has 1 aromatic heterocycles. The number of nitrogen functional groups attached to an aromatic ring is 1. The number of hydrogen-bond donors (Lipinski definition) is 1. The topological polar surface area (TPSA) is 43.8 Å². The first kappa shape index (κ1) is 8.81. The van der Waals surface area contributed by atoms with Gasteiger partial charge < -0.3 is 5.73 Å². The van der Waals surface area contributed by atoms with E-state index in [-0.39, 0.29) is 0 Å². The highest BCUT2D eigenvalue weighted by molar-refractivity contribution is 5.47. The first-order valence-electron chi connectivity index (χ1n) is 4.57. The molecule has 0 spiro atoms. The summed E-state index contributed by atoms with van der Waals surface area (Å²) in [4.78, 5) is 0. The molecule has 0 unspecified atom stereocenters. The lowest BCUT2D eigenvalue weighted by Crippen LogP contribution is -2.01. The minimum Gasteiger partial charge on any atom is -0.398 e. The average Bonchev–Trinajstić information content (AvgIpc) is 2.56. The molecule has 0 fully saturated rings. The van der Waals surface area contributed by atoms with Crippen LogP contribution in [0.25, 0.3) is 0 Å². The van der Waals surface area contributed by atoms with Crippen LogP contribution in [0.2, 0.25) is 0 Å². The lowest BCUT2D eigenvalue weighted by atomic mass is 10.1. The largest absolute Gasteiger partial charge is 0.398 e. The van der Waals surface area contributed by atoms with Crippen LogP contribution in [0.1, 0.15) is 11.3 Å². The van der Waals surface area contributed by atoms with Gasteiger partial charge in [0.05, 0.1) is 0 Å². The second-order valence-corrected chi connectivity index (χ2v) is 3.32. The third-order valence-electron chi connectivity index (χ3n) is 2.35. The number of anilines is 1. The van der Waals surface area contributed by atoms with Crippen molar-refractivity contribution in [3.63, 3.8) is 0 Å². The van der Waals surface area contributed by atoms with Crippen molar-refractivity contribution >= 4 is 5.69 Å². The van der Waals surface area contributed by atoms with Gasteiger partial charge >= 0.3 is 0 Å². The number of nitrogens with zero attached hydrogens (tertiary/aromatic N) is 2. The minimum atomic E-state index is 0.836. The summed E-state index contributed by atoms with van der Waals surface area (Å²) in [6, 6.07) is 9.92. The van der Waals surface area contributed by atoms with Gasteiger partial charge in [0.2, 0.25) is 0 Å². The van der Waals surface area contributed by atoms with Crippen molar-refractivity contribution < 1.29 is 0 Å². The molecule has 0 saturated heterocycles. The van der Waals surface area contributed by atoms with Gasteiger partial charge in [-0.25, -0.2) is 0 Å². The van der Waals surface area contributed by atoms with Crippen molar-refractivity contribution in [1.29, 1.82) is 0 Å². The fourth-order valence-electron chi connectivity index (χ4n) is 1.47. The van der Waals surface area contributed by atoms with Gasteiger partial charge in [-0.3, -0.25) is 4.68 Å². The Balaban J connectivity index is 2.28. The van der Waals surface area contributed by atoms with Gasteiger partial charge in [-0.05, 0) is 17.7 Å². The maximum atomic E-state index is 5.86. The summed E-state index contributed by atoms with van der Waals surface area (Å²) < 4.78 is 1.87. The van der Waals surface area contributed by atoms with Gasteiger partial charge in [0.15, 0.2) is 0 Å². The van der Waals surface area contributed by atoms with Crippen molar-refractivity contribution in [2.75, 3.05) is 5.73 Å². The van der Waals surface area contributed by atoms with E-state index >= 15 is 0 Å². The van der Waals surface area contributed by atoms with Crippen LogP contribution >= 0.6 is 0 Å². The van der Waals surface area contributed by atoms with Crippen LogP contribution in [0.15, 0.2) is 36.5 Å². The van der Waals surface area contributed by atoms with E-state index in [0.717, 1.165) is 17.7 Å². The second kappa shape index (κ2) is 3.54. The Morgan fingerprint density at radius 2 is 2.07 bits per heavy atom. The van der Waals surface area contributed by atoms with E-state index in [4.69, 9.17) is 5.73 Å². The Morgan fingerprint density at radius 1 is 1.29 bits per heavy atom. The highest BCUT2D eigenvalue weighted by Gasteiger charge is 2.02. The van der Waals surface area contributed by atoms with E-state index in [2.05, 4.69) is 5.10 Å². The molecular formula is C11H13N3. The van der Waals surface area contributed by atoms with Gasteiger partial charge in [-0.1, -0.05) is 18.2 Å². The molecule has 14 heavy (non-hydrogen) atoms. The smallest absolute Gasteiger partial charge is 0.0492 e. The zero-order valence-electron chi connectivity index (χ0n) is 8.14. The quantitative estimate of drug-likeness (QED) is 0.725. The van der Waals surface area contributed by atoms with Crippen molar-refractivity contribution in [2.45, 2.75) is 6.42 Å². The molecule has 0 aliphatic carbocycles. The van der Waals surface area contributed by atoms with Crippen molar-refractivity contribution in [2.24, 2.45) is 7.05 Å². The first-order valence-corrected chi connectivity index (χ1v) is 4.57. The third-order valence-corrected chi connectivity index (χ3v) is 2.35. The SMILES string of the molecule is Cn1nccc1Cc1ccccc1N. The molecule has 2 rings (SSSR count). The van der Waals surface area contributed by atoms with Crippen LogP contribution in [-0.4, -0.2) is 9.78 Å². The number of nitrogens with two attached hydrogens (primary N) is 1. The van der Waals surface area contributed by atoms with Gasteiger partial charge in [-0.15, -0.1) is 0 Å². The number of para-hydroxylation sites is 1. The van der Waals surface area contributed by atoms with E-state index in [9.17, 15) is 0 Å². The van der Waals surface area contributed by atoms with Crippen LogP contribution in [0.5, 0.6) is 0 Å². The van der Waals surface area contributed by atoms with Gasteiger partial charge in [0.1, 0.15) is 0 Å². The van der Waals surface area contributed by atoms with E-state index in [1.54, 1.807) is 6.20 Å². The fourth-order valence-corrected chi connectivity index (χ4v) is 1.47. The van der Waals surface area contributed by atoms with Crippen molar-refractivity contribution in [3.05, 3.63) is 47.8 Å². The summed E-state index contributed by atoms with van der Waals surface area (Å²) >= 11 is 0. The van der Waals surface area contributed by atoms with Crippen LogP contribution in [0, 0.1) is 0 Å². The van der Waals surface area contributed by atoms with Crippen LogP contribution in [0.3, 0.4) is 0 Å². The molecule has 1 heterocycles. The van der Waals surface area contributed by atoms with Crippen LogP contribution in [0.4, 0.5) is 5.69 Å². The average molecular weight is 187 g/mol. The Kier molecular flexibility index (Phi) is 2.23. The van der Waals surface area contributed by atoms with Gasteiger partial charge in [0.25, 0.3) is 0 Å². The number of benzene rings is 1. The summed E-state index contributed by atoms with van der Waals surface area (Å²) in [6.07, 6.45) is 2.64. The van der Waals surface area contributed by atoms with Gasteiger partial charge in [-0.2, -0.15) is 5.10 Å². The summed E-state index contributed by atoms with van der Waals surface area (Å²) in [6.45, 7) is 0. The molecule has 0 aliphatic rings. The Morgan fingerprint density at radius 3 is 2.71 bits per heavy atom. The Bertz CT molecular complexity index is 432. The zero-order chi connectivity index (χ0) is 9.97. The van der Waals surface area contributed by atoms with Gasteiger partial charge in [0, 0.05) is 31.0 Å². The lowest BCUT2D eigenvalue weighted by molar-refractivity contribution is 0.724. The molecule has 2 aromatic rings. The number of rotatable bonds is 2. The standard InChI is InChI=1S/C11H13N3/c1-14-10(6-7-13-14)8-9-4-2-3-5-11(9)12/h2-7H,8,12H2,1H3. The van der Waals surface area contributed by atoms with E-state index < -0.39 is 0 Å². The Hall–Kier alpha value is -1.77. The normalized spacial score (nSPS) is 10.4. The molecule has 3 nitrogen and oxygen atoms in total. The summed E-state index contributed by atoms with van der Waals surface area (Å²) in [5.74, 6) is 0. The predicted octanol–water partition coefficient (Wildman–Crippen LogP) is 1.59. The second-order valence-electron chi connectivity index (χ2n) is 3.32. The summed E-state index contributed by atoms with van der Waals surface area (Å²) in [5, 5.41) is 4.12. The summed E-state index contributed by atoms with van der Waals surface area (Å²) in [7, 11) is 1.94. The number of aromatic nitrogens is 2. The molecule has 72 valence electrons. The lowest BCUT2D eigenvalue weighted by Gasteiger charge is -2.05. The highest BCUT2D eigenvalue weighted by Crippen LogP contribution is 2.14. The molecule has 2 N–H and O–H groups in total. The summed E-state index contributed by atoms with van der Waals surface area (Å²) in [5.41, 5.74) is 9.02. The molecular weight excluding hydrogens is 174 g/mol. The zero-order valence-corrected chi connectivity index (χ0v) is 8.14. The molecule has 0 amide bonds. The van der Waals surface area contributed by atoms with E-state index in [1.807, 2.05) is 42.1 Å². The molecule has 3 heteroatoms. The molecule has 0 radical (unpaired) electrons. The first-order chi connectivity index (χ1) is 6.77. The van der Waals surface area contributed by atoms with Crippen LogP contribution < -0.4 is 5.73 Å². The maximum absolute atomic E-state index is 5.86. The number of hydrogen-bond acceptors (Lipinski definition) is 2. The van der Waals surface area contributed by atoms with E-state index in [1.165, 1.54) is 5.69 Å². The molecule has 0 saturated carbocycles. The minimum absolute atomic E-state index is 0.836. The van der Waals surface area contributed by atoms with Crippen molar-refractivity contribution in [1.82, 2.24) is 9.78 Å². The monoisotopic (exact) mass is 187 g/mol.